The number of amides is 1. The second kappa shape index (κ2) is 14.9. The lowest BCUT2D eigenvalue weighted by Crippen LogP contribution is -2.82. The van der Waals surface area contributed by atoms with Crippen LogP contribution in [0.25, 0.3) is 10.9 Å². The Bertz CT molecular complexity index is 2310. The van der Waals surface area contributed by atoms with Crippen LogP contribution in [-0.2, 0) is 41.1 Å². The molecule has 1 amide bonds. The number of likely N-dealkylation sites (N-methyl/N-ethyl adjacent to an activating group) is 2. The summed E-state index contributed by atoms with van der Waals surface area (Å²) >= 11 is 0. The van der Waals surface area contributed by atoms with Crippen molar-refractivity contribution in [1.29, 1.82) is 0 Å². The van der Waals surface area contributed by atoms with Gasteiger partial charge in [0.25, 0.3) is 5.91 Å². The molecule has 2 bridgehead atoms. The maximum atomic E-state index is 15.3. The number of para-hydroxylation sites is 1. The lowest BCUT2D eigenvalue weighted by molar-refractivity contribution is -0.217. The molecule has 0 radical (unpaired) electrons. The summed E-state index contributed by atoms with van der Waals surface area (Å²) in [5.74, 6) is -1.72. The summed E-state index contributed by atoms with van der Waals surface area (Å²) in [6, 6.07) is 10.9. The number of H-pyrrole nitrogens is 1. The number of methoxy groups -OCH3 is 2. The van der Waals surface area contributed by atoms with E-state index in [1.54, 1.807) is 7.11 Å². The van der Waals surface area contributed by atoms with Crippen molar-refractivity contribution < 1.29 is 38.8 Å². The number of nitrogens with one attached hydrogen (secondary N) is 2. The summed E-state index contributed by atoms with van der Waals surface area (Å²) in [7, 11) is 6.38. The highest BCUT2D eigenvalue weighted by Crippen LogP contribution is 2.68. The van der Waals surface area contributed by atoms with E-state index in [4.69, 9.17) is 14.2 Å². The molecule has 1 spiro atoms. The van der Waals surface area contributed by atoms with Gasteiger partial charge in [0.1, 0.15) is 17.4 Å². The summed E-state index contributed by atoms with van der Waals surface area (Å²) in [6.07, 6.45) is 6.84. The number of carbonyl (C=O) groups is 3. The minimum absolute atomic E-state index is 0. The van der Waals surface area contributed by atoms with Crippen molar-refractivity contribution in [2.45, 2.75) is 93.7 Å². The van der Waals surface area contributed by atoms with E-state index < -0.39 is 64.0 Å². The second-order valence-corrected chi connectivity index (χ2v) is 17.6. The first-order valence-electron chi connectivity index (χ1n) is 21.1. The summed E-state index contributed by atoms with van der Waals surface area (Å²) in [5, 5.41) is 29.3. The van der Waals surface area contributed by atoms with Gasteiger partial charge in [0.2, 0.25) is 5.60 Å². The zero-order chi connectivity index (χ0) is 41.8. The van der Waals surface area contributed by atoms with Crippen LogP contribution in [0.2, 0.25) is 0 Å². The van der Waals surface area contributed by atoms with Crippen molar-refractivity contribution in [1.82, 2.24) is 20.1 Å². The normalized spacial score (nSPS) is 35.0. The summed E-state index contributed by atoms with van der Waals surface area (Å²) in [5.41, 5.74) is 0.415. The van der Waals surface area contributed by atoms with E-state index in [-0.39, 0.29) is 24.9 Å². The molecule has 14 heteroatoms. The third-order valence-corrected chi connectivity index (χ3v) is 15.3. The predicted molar refractivity (Wildman–Crippen MR) is 229 cm³/mol. The first-order valence-corrected chi connectivity index (χ1v) is 21.1. The molecule has 2 aromatic carbocycles. The van der Waals surface area contributed by atoms with E-state index in [0.717, 1.165) is 34.1 Å². The van der Waals surface area contributed by atoms with Crippen LogP contribution in [0.1, 0.15) is 68.8 Å². The van der Waals surface area contributed by atoms with Crippen molar-refractivity contribution in [3.63, 3.8) is 0 Å². The molecule has 13 nitrogen and oxygen atoms in total. The van der Waals surface area contributed by atoms with Crippen LogP contribution in [0.3, 0.4) is 0 Å². The van der Waals surface area contributed by atoms with Crippen LogP contribution < -0.4 is 15.0 Å². The molecular weight excluding hydrogens is 786 g/mol. The number of nitrogens with zero attached hydrogens (tertiary/aromatic N) is 3. The molecule has 10 atom stereocenters. The number of aromatic amines is 1. The molecular formula is C46H58ClN5O8. The quantitative estimate of drug-likeness (QED) is 0.201. The van der Waals surface area contributed by atoms with Crippen LogP contribution in [-0.4, -0.2) is 127 Å². The highest BCUT2D eigenvalue weighted by Gasteiger charge is 2.80. The van der Waals surface area contributed by atoms with Gasteiger partial charge in [-0.2, -0.15) is 0 Å². The number of benzene rings is 2. The minimum Gasteiger partial charge on any atom is -0.496 e. The lowest BCUT2D eigenvalue weighted by atomic mass is 9.47. The van der Waals surface area contributed by atoms with Gasteiger partial charge in [-0.25, -0.2) is 0 Å². The van der Waals surface area contributed by atoms with Crippen molar-refractivity contribution in [3.8, 4) is 5.75 Å². The molecule has 1 aromatic heterocycles. The van der Waals surface area contributed by atoms with E-state index in [1.807, 2.05) is 43.1 Å². The molecule has 1 unspecified atom stereocenters. The van der Waals surface area contributed by atoms with Gasteiger partial charge in [0, 0.05) is 97.4 Å². The number of hydrogen-bond donors (Lipinski definition) is 4. The molecule has 6 aliphatic rings. The van der Waals surface area contributed by atoms with Gasteiger partial charge in [-0.15, -0.1) is 12.4 Å². The van der Waals surface area contributed by atoms with Gasteiger partial charge >= 0.3 is 11.9 Å². The Labute approximate surface area is 357 Å². The first-order chi connectivity index (χ1) is 28.3. The third kappa shape index (κ3) is 5.34. The van der Waals surface area contributed by atoms with Crippen LogP contribution in [0.15, 0.2) is 60.2 Å². The van der Waals surface area contributed by atoms with Gasteiger partial charge in [-0.1, -0.05) is 55.8 Å². The Morgan fingerprint density at radius 1 is 1.05 bits per heavy atom. The predicted octanol–water partition coefficient (Wildman–Crippen LogP) is 4.11. The van der Waals surface area contributed by atoms with Crippen molar-refractivity contribution >= 4 is 46.8 Å². The molecule has 1 saturated heterocycles. The number of rotatable bonds is 7. The highest BCUT2D eigenvalue weighted by atomic mass is 35.5. The van der Waals surface area contributed by atoms with Crippen LogP contribution in [0, 0.1) is 11.3 Å². The number of hydrogen-bond acceptors (Lipinski definition) is 11. The molecule has 1 aliphatic carbocycles. The number of carbonyl (C=O) groups excluding carboxylic acids is 3. The van der Waals surface area contributed by atoms with Crippen molar-refractivity contribution in [2.24, 2.45) is 11.3 Å². The van der Waals surface area contributed by atoms with Gasteiger partial charge in [-0.3, -0.25) is 24.2 Å². The van der Waals surface area contributed by atoms with Gasteiger partial charge in [0.05, 0.1) is 20.3 Å². The average Bonchev–Trinajstić information content (AvgIpc) is 3.90. The molecule has 6 heterocycles. The van der Waals surface area contributed by atoms with Gasteiger partial charge in [-0.05, 0) is 61.9 Å². The number of aliphatic hydroxyl groups is 2. The van der Waals surface area contributed by atoms with E-state index in [0.29, 0.717) is 62.4 Å². The number of aliphatic hydroxyl groups excluding tert-OH is 1. The monoisotopic (exact) mass is 843 g/mol. The maximum absolute atomic E-state index is 15.3. The largest absolute Gasteiger partial charge is 0.496 e. The third-order valence-electron chi connectivity index (χ3n) is 15.3. The molecule has 5 aliphatic heterocycles. The van der Waals surface area contributed by atoms with Crippen molar-refractivity contribution in [3.05, 3.63) is 82.6 Å². The topological polar surface area (TPSA) is 157 Å². The van der Waals surface area contributed by atoms with E-state index >= 15 is 4.79 Å². The maximum Gasteiger partial charge on any atom is 0.322 e. The number of ether oxygens (including phenoxy) is 3. The summed E-state index contributed by atoms with van der Waals surface area (Å²) in [6.45, 7) is 8.02. The summed E-state index contributed by atoms with van der Waals surface area (Å²) in [4.78, 5) is 53.1. The van der Waals surface area contributed by atoms with Crippen LogP contribution in [0.5, 0.6) is 5.75 Å². The Kier molecular flexibility index (Phi) is 10.5. The SMILES string of the molecule is CCC1=C[C@@H]2C[C@](C(=O)OC)(c3cc4c(cc3OC)N(C)[C@H]3[C@@](O)(C(=O)NC)[C@H](OC(C)=O)[C@]5(CC)C=CCN6CC[C@]43[C@@H]65)c3[nH]c4ccccc4c3CCN(C1)[C@@H]2O.Cl. The Morgan fingerprint density at radius 3 is 2.50 bits per heavy atom. The van der Waals surface area contributed by atoms with E-state index in [1.165, 1.54) is 26.7 Å². The molecule has 9 rings (SSSR count). The molecule has 3 aromatic rings. The zero-order valence-electron chi connectivity index (χ0n) is 35.5. The number of fused-ring (bicyclic) bond motifs is 6. The van der Waals surface area contributed by atoms with Crippen LogP contribution >= 0.6 is 12.4 Å². The molecule has 4 N–H and O–H groups in total. The fraction of sp³-hybridized carbons (Fsp3) is 0.543. The smallest absolute Gasteiger partial charge is 0.322 e. The molecule has 1 saturated carbocycles. The van der Waals surface area contributed by atoms with Crippen LogP contribution in [0.4, 0.5) is 5.69 Å². The number of aromatic nitrogens is 1. The van der Waals surface area contributed by atoms with Crippen molar-refractivity contribution in [2.75, 3.05) is 59.4 Å². The number of esters is 2. The van der Waals surface area contributed by atoms with E-state index in [9.17, 15) is 19.8 Å². The number of halogens is 1. The Hall–Kier alpha value is -4.40. The minimum atomic E-state index is -2.20. The highest BCUT2D eigenvalue weighted by molar-refractivity contribution is 5.95. The fourth-order valence-corrected chi connectivity index (χ4v) is 13.1. The standard InChI is InChI=1S/C46H57N5O8.ClH/c1-8-27-21-28-24-45(42(55)58-7,36-30(15-19-51(25-27)37(28)53)29-13-10-11-14-33(29)48-36)32-22-31-34(23-35(32)57-6)49(5)39-44(31)17-20-50-18-12-16-43(9-2,38(44)50)40(59-26(3)52)46(39,56)41(54)47-4;/h10-14,16,21-23,28,37-40,48,53,56H,8-9,15,17-20,24-25H2,1-7H3,(H,47,54);1H/t28-,37-,38+,39-,40-,43-,44-,45+,46+;/m1./s1. The Morgan fingerprint density at radius 2 is 1.82 bits per heavy atom. The van der Waals surface area contributed by atoms with Gasteiger partial charge in [0.15, 0.2) is 6.10 Å². The lowest BCUT2D eigenvalue weighted by Gasteiger charge is -2.63. The number of anilines is 1. The summed E-state index contributed by atoms with van der Waals surface area (Å²) < 4.78 is 18.5. The second-order valence-electron chi connectivity index (χ2n) is 17.6. The molecule has 2 fully saturated rings. The molecule has 60 heavy (non-hydrogen) atoms. The zero-order valence-corrected chi connectivity index (χ0v) is 36.4. The molecule has 322 valence electrons. The van der Waals surface area contributed by atoms with Gasteiger partial charge < -0.3 is 39.6 Å². The Balaban J connectivity index is 0.00000499. The fourth-order valence-electron chi connectivity index (χ4n) is 13.1. The van der Waals surface area contributed by atoms with E-state index in [2.05, 4.69) is 57.4 Å². The first kappa shape index (κ1) is 42.3. The average molecular weight is 844 g/mol.